The molecule has 1 saturated heterocycles. The molecule has 3 rings (SSSR count). The second-order valence-electron chi connectivity index (χ2n) is 6.21. The van der Waals surface area contributed by atoms with Crippen molar-refractivity contribution >= 4 is 17.4 Å². The molecule has 0 bridgehead atoms. The summed E-state index contributed by atoms with van der Waals surface area (Å²) in [6.45, 7) is 4.29. The van der Waals surface area contributed by atoms with Gasteiger partial charge in [-0.25, -0.2) is 4.79 Å². The Labute approximate surface area is 144 Å². The summed E-state index contributed by atoms with van der Waals surface area (Å²) in [7, 11) is 0. The Morgan fingerprint density at radius 3 is 2.36 bits per heavy atom. The summed E-state index contributed by atoms with van der Waals surface area (Å²) in [6.07, 6.45) is -3.71. The molecule has 1 fully saturated rings. The quantitative estimate of drug-likeness (QED) is 0.744. The van der Waals surface area contributed by atoms with Gasteiger partial charge in [0.25, 0.3) is 0 Å². The molecule has 2 aromatic rings. The predicted octanol–water partition coefficient (Wildman–Crippen LogP) is 5.24. The Bertz CT molecular complexity index is 771. The molecule has 1 aliphatic rings. The lowest BCUT2D eigenvalue weighted by atomic mass is 10.1. The maximum absolute atomic E-state index is 13.0. The molecule has 132 valence electrons. The minimum absolute atomic E-state index is 0.0789. The normalized spacial score (nSPS) is 18.1. The standard InChI is InChI=1S/C19H19F3N2O/c1-3-15-12-23(17-6-4-5-14(11-17)19(20,21)22)18(25)24(15)16-9-7-13(2)8-10-16/h4-11,15H,3,12H2,1-2H3. The van der Waals surface area contributed by atoms with Crippen LogP contribution >= 0.6 is 0 Å². The van der Waals surface area contributed by atoms with E-state index >= 15 is 0 Å². The Kier molecular flexibility index (Phi) is 4.45. The van der Waals surface area contributed by atoms with E-state index < -0.39 is 11.7 Å². The number of carbonyl (C=O) groups excluding carboxylic acids is 1. The van der Waals surface area contributed by atoms with Gasteiger partial charge in [-0.3, -0.25) is 9.80 Å². The molecule has 25 heavy (non-hydrogen) atoms. The van der Waals surface area contributed by atoms with Crippen molar-refractivity contribution in [3.63, 3.8) is 0 Å². The number of hydrogen-bond acceptors (Lipinski definition) is 1. The first-order chi connectivity index (χ1) is 11.8. The van der Waals surface area contributed by atoms with Crippen LogP contribution in [-0.2, 0) is 6.18 Å². The molecule has 0 saturated carbocycles. The van der Waals surface area contributed by atoms with Gasteiger partial charge < -0.3 is 0 Å². The number of benzene rings is 2. The average molecular weight is 348 g/mol. The number of aryl methyl sites for hydroxylation is 1. The van der Waals surface area contributed by atoms with Gasteiger partial charge in [0.15, 0.2) is 0 Å². The van der Waals surface area contributed by atoms with Gasteiger partial charge in [-0.15, -0.1) is 0 Å². The van der Waals surface area contributed by atoms with Gasteiger partial charge in [0, 0.05) is 17.9 Å². The monoisotopic (exact) mass is 348 g/mol. The summed E-state index contributed by atoms with van der Waals surface area (Å²) in [5.74, 6) is 0. The van der Waals surface area contributed by atoms with Crippen LogP contribution in [0.1, 0.15) is 24.5 Å². The van der Waals surface area contributed by atoms with Crippen LogP contribution < -0.4 is 9.80 Å². The first-order valence-electron chi connectivity index (χ1n) is 8.16. The molecule has 2 aromatic carbocycles. The number of hydrogen-bond donors (Lipinski definition) is 0. The van der Waals surface area contributed by atoms with Crippen molar-refractivity contribution in [3.05, 3.63) is 59.7 Å². The molecular formula is C19H19F3N2O. The summed E-state index contributed by atoms with van der Waals surface area (Å²) in [5.41, 5.74) is 1.36. The van der Waals surface area contributed by atoms with Gasteiger partial charge >= 0.3 is 12.2 Å². The first kappa shape index (κ1) is 17.3. The van der Waals surface area contributed by atoms with Crippen LogP contribution in [0.3, 0.4) is 0 Å². The Hall–Kier alpha value is -2.50. The first-order valence-corrected chi connectivity index (χ1v) is 8.16. The van der Waals surface area contributed by atoms with E-state index in [2.05, 4.69) is 0 Å². The van der Waals surface area contributed by atoms with Gasteiger partial charge in [0.2, 0.25) is 0 Å². The minimum Gasteiger partial charge on any atom is -0.292 e. The summed E-state index contributed by atoms with van der Waals surface area (Å²) in [4.78, 5) is 16.0. The molecule has 6 heteroatoms. The van der Waals surface area contributed by atoms with E-state index in [-0.39, 0.29) is 17.8 Å². The van der Waals surface area contributed by atoms with Crippen LogP contribution in [0.15, 0.2) is 48.5 Å². The maximum atomic E-state index is 13.0. The summed E-state index contributed by atoms with van der Waals surface area (Å²) >= 11 is 0. The molecule has 1 aliphatic heterocycles. The number of amides is 2. The van der Waals surface area contributed by atoms with Crippen molar-refractivity contribution in [3.8, 4) is 0 Å². The third-order valence-corrected chi connectivity index (χ3v) is 4.46. The maximum Gasteiger partial charge on any atom is 0.416 e. The largest absolute Gasteiger partial charge is 0.416 e. The highest BCUT2D eigenvalue weighted by Gasteiger charge is 2.39. The number of alkyl halides is 3. The molecule has 0 aliphatic carbocycles. The van der Waals surface area contributed by atoms with E-state index in [1.165, 1.54) is 11.0 Å². The van der Waals surface area contributed by atoms with Crippen LogP contribution in [0.25, 0.3) is 0 Å². The number of halogens is 3. The number of rotatable bonds is 3. The lowest BCUT2D eigenvalue weighted by Gasteiger charge is -2.22. The highest BCUT2D eigenvalue weighted by Crippen LogP contribution is 2.34. The van der Waals surface area contributed by atoms with Crippen LogP contribution in [0.5, 0.6) is 0 Å². The summed E-state index contributed by atoms with van der Waals surface area (Å²) in [6, 6.07) is 12.1. The third-order valence-electron chi connectivity index (χ3n) is 4.46. The Balaban J connectivity index is 1.94. The van der Waals surface area contributed by atoms with Gasteiger partial charge in [-0.1, -0.05) is 30.7 Å². The number of carbonyl (C=O) groups is 1. The zero-order valence-corrected chi connectivity index (χ0v) is 14.0. The Morgan fingerprint density at radius 1 is 1.08 bits per heavy atom. The van der Waals surface area contributed by atoms with E-state index in [0.29, 0.717) is 6.54 Å². The SMILES string of the molecule is CCC1CN(c2cccc(C(F)(F)F)c2)C(=O)N1c1ccc(C)cc1. The van der Waals surface area contributed by atoms with Crippen LogP contribution in [0.4, 0.5) is 29.3 Å². The van der Waals surface area contributed by atoms with Crippen molar-refractivity contribution in [2.45, 2.75) is 32.5 Å². The summed E-state index contributed by atoms with van der Waals surface area (Å²) in [5, 5.41) is 0. The van der Waals surface area contributed by atoms with E-state index in [1.807, 2.05) is 38.1 Å². The molecule has 0 spiro atoms. The molecular weight excluding hydrogens is 329 g/mol. The van der Waals surface area contributed by atoms with Crippen molar-refractivity contribution < 1.29 is 18.0 Å². The smallest absolute Gasteiger partial charge is 0.292 e. The molecule has 1 heterocycles. The fourth-order valence-electron chi connectivity index (χ4n) is 3.06. The molecule has 3 nitrogen and oxygen atoms in total. The van der Waals surface area contributed by atoms with E-state index in [0.717, 1.165) is 29.8 Å². The molecule has 1 unspecified atom stereocenters. The zero-order valence-electron chi connectivity index (χ0n) is 14.0. The van der Waals surface area contributed by atoms with Gasteiger partial charge in [-0.05, 0) is 43.7 Å². The fraction of sp³-hybridized carbons (Fsp3) is 0.316. The fourth-order valence-corrected chi connectivity index (χ4v) is 3.06. The predicted molar refractivity (Wildman–Crippen MR) is 91.9 cm³/mol. The van der Waals surface area contributed by atoms with E-state index in [9.17, 15) is 18.0 Å². The number of urea groups is 1. The van der Waals surface area contributed by atoms with Gasteiger partial charge in [0.05, 0.1) is 11.6 Å². The van der Waals surface area contributed by atoms with Gasteiger partial charge in [-0.2, -0.15) is 13.2 Å². The lowest BCUT2D eigenvalue weighted by Crippen LogP contribution is -2.34. The lowest BCUT2D eigenvalue weighted by molar-refractivity contribution is -0.137. The van der Waals surface area contributed by atoms with Crippen LogP contribution in [-0.4, -0.2) is 18.6 Å². The summed E-state index contributed by atoms with van der Waals surface area (Å²) < 4.78 is 38.9. The topological polar surface area (TPSA) is 23.6 Å². The highest BCUT2D eigenvalue weighted by atomic mass is 19.4. The Morgan fingerprint density at radius 2 is 1.76 bits per heavy atom. The van der Waals surface area contributed by atoms with Crippen molar-refractivity contribution in [1.82, 2.24) is 0 Å². The van der Waals surface area contributed by atoms with Crippen molar-refractivity contribution in [2.24, 2.45) is 0 Å². The zero-order chi connectivity index (χ0) is 18.2. The second kappa shape index (κ2) is 6.43. The number of nitrogens with zero attached hydrogens (tertiary/aromatic N) is 2. The average Bonchev–Trinajstić information content (AvgIpc) is 2.92. The molecule has 1 atom stereocenters. The van der Waals surface area contributed by atoms with Crippen LogP contribution in [0, 0.1) is 6.92 Å². The molecule has 2 amide bonds. The molecule has 0 aromatic heterocycles. The second-order valence-corrected chi connectivity index (χ2v) is 6.21. The van der Waals surface area contributed by atoms with Gasteiger partial charge in [0.1, 0.15) is 0 Å². The highest BCUT2D eigenvalue weighted by molar-refractivity contribution is 6.06. The third kappa shape index (κ3) is 3.34. The van der Waals surface area contributed by atoms with E-state index in [1.54, 1.807) is 11.0 Å². The van der Waals surface area contributed by atoms with Crippen LogP contribution in [0.2, 0.25) is 0 Å². The minimum atomic E-state index is -4.43. The van der Waals surface area contributed by atoms with E-state index in [4.69, 9.17) is 0 Å². The molecule has 0 N–H and O–H groups in total. The van der Waals surface area contributed by atoms with Crippen molar-refractivity contribution in [1.29, 1.82) is 0 Å². The van der Waals surface area contributed by atoms with Crippen molar-refractivity contribution in [2.75, 3.05) is 16.3 Å². The molecule has 0 radical (unpaired) electrons. The number of anilines is 2.